The van der Waals surface area contributed by atoms with Gasteiger partial charge in [-0.2, -0.15) is 39.5 Å². The molecule has 1 aromatic carbocycles. The molecule has 0 saturated heterocycles. The Labute approximate surface area is 168 Å². The molecule has 1 aliphatic rings. The van der Waals surface area contributed by atoms with E-state index in [4.69, 9.17) is 4.74 Å². The normalized spacial score (nSPS) is 21.5. The number of benzene rings is 1. The van der Waals surface area contributed by atoms with E-state index < -0.39 is 42.7 Å². The maximum absolute atomic E-state index is 14.1. The Balaban J connectivity index is 2.04. The summed E-state index contributed by atoms with van der Waals surface area (Å²) in [5.41, 5.74) is 0.743. The van der Waals surface area contributed by atoms with E-state index in [9.17, 15) is 39.5 Å². The minimum absolute atomic E-state index is 0.0238. The van der Waals surface area contributed by atoms with Crippen molar-refractivity contribution in [1.82, 2.24) is 0 Å². The predicted octanol–water partition coefficient (Wildman–Crippen LogP) is 7.61. The molecule has 1 aromatic rings. The van der Waals surface area contributed by atoms with Gasteiger partial charge in [0.15, 0.2) is 0 Å². The van der Waals surface area contributed by atoms with Crippen LogP contribution >= 0.6 is 0 Å². The molecule has 0 unspecified atom stereocenters. The zero-order valence-electron chi connectivity index (χ0n) is 16.2. The molecule has 1 nitrogen and oxygen atoms in total. The van der Waals surface area contributed by atoms with E-state index in [0.29, 0.717) is 12.4 Å². The first-order valence-electron chi connectivity index (χ1n) is 9.68. The van der Waals surface area contributed by atoms with E-state index >= 15 is 0 Å². The molecular formula is C20H23F9O. The van der Waals surface area contributed by atoms with Crippen molar-refractivity contribution in [2.75, 3.05) is 6.61 Å². The largest absolute Gasteiger partial charge is 0.494 e. The number of unbranched alkanes of at least 4 members (excludes halogenated alkanes) is 1. The fraction of sp³-hybridized carbons (Fsp3) is 0.700. The van der Waals surface area contributed by atoms with Crippen LogP contribution < -0.4 is 4.74 Å². The molecule has 0 bridgehead atoms. The van der Waals surface area contributed by atoms with Crippen molar-refractivity contribution in [3.8, 4) is 5.75 Å². The van der Waals surface area contributed by atoms with Crippen LogP contribution in [0.5, 0.6) is 5.75 Å². The lowest BCUT2D eigenvalue weighted by Gasteiger charge is -2.40. The van der Waals surface area contributed by atoms with Gasteiger partial charge in [-0.15, -0.1) is 0 Å². The highest BCUT2D eigenvalue weighted by atomic mass is 19.4. The van der Waals surface area contributed by atoms with Gasteiger partial charge in [-0.1, -0.05) is 25.5 Å². The van der Waals surface area contributed by atoms with Gasteiger partial charge in [-0.25, -0.2) is 0 Å². The molecule has 10 heteroatoms. The summed E-state index contributed by atoms with van der Waals surface area (Å²) in [6, 6.07) is 6.78. The second kappa shape index (κ2) is 8.86. The SMILES string of the molecule is CCCCOc1ccc([C@H]2CC[C@H](C(F)(F)C(F)(F)C(F)(F)C(F)(F)F)CC2)cc1. The lowest BCUT2D eigenvalue weighted by Crippen LogP contribution is -2.63. The average molecular weight is 450 g/mol. The lowest BCUT2D eigenvalue weighted by atomic mass is 9.74. The van der Waals surface area contributed by atoms with Gasteiger partial charge in [0.25, 0.3) is 0 Å². The third kappa shape index (κ3) is 4.66. The van der Waals surface area contributed by atoms with E-state index in [1.54, 1.807) is 24.3 Å². The van der Waals surface area contributed by atoms with Crippen LogP contribution in [0.25, 0.3) is 0 Å². The zero-order chi connectivity index (χ0) is 22.8. The van der Waals surface area contributed by atoms with Crippen molar-refractivity contribution in [3.05, 3.63) is 29.8 Å². The Morgan fingerprint density at radius 2 is 1.33 bits per heavy atom. The zero-order valence-corrected chi connectivity index (χ0v) is 16.2. The molecule has 0 heterocycles. The molecule has 1 fully saturated rings. The highest BCUT2D eigenvalue weighted by molar-refractivity contribution is 5.29. The Hall–Kier alpha value is -1.61. The molecule has 0 aliphatic heterocycles. The molecule has 0 aromatic heterocycles. The van der Waals surface area contributed by atoms with Crippen molar-refractivity contribution < 1.29 is 44.3 Å². The van der Waals surface area contributed by atoms with Gasteiger partial charge in [-0.3, -0.25) is 0 Å². The summed E-state index contributed by atoms with van der Waals surface area (Å²) in [5, 5.41) is 0. The molecular weight excluding hydrogens is 427 g/mol. The van der Waals surface area contributed by atoms with Crippen molar-refractivity contribution >= 4 is 0 Å². The molecule has 1 saturated carbocycles. The summed E-state index contributed by atoms with van der Waals surface area (Å²) >= 11 is 0. The number of ether oxygens (including phenoxy) is 1. The molecule has 172 valence electrons. The standard InChI is InChI=1S/C20H23F9O/c1-2-3-12-30-16-10-6-14(7-11-16)13-4-8-15(9-5-13)17(21,22)18(23,24)19(25,26)20(27,28)29/h6-7,10-11,13,15H,2-5,8-9,12H2,1H3/t13-,15-. The first-order valence-corrected chi connectivity index (χ1v) is 9.68. The molecule has 0 amide bonds. The van der Waals surface area contributed by atoms with Gasteiger partial charge in [-0.05, 0) is 55.7 Å². The van der Waals surface area contributed by atoms with E-state index in [0.717, 1.165) is 18.4 Å². The molecule has 0 N–H and O–H groups in total. The molecule has 2 rings (SSSR count). The van der Waals surface area contributed by atoms with Crippen LogP contribution in [-0.4, -0.2) is 30.6 Å². The lowest BCUT2D eigenvalue weighted by molar-refractivity contribution is -0.404. The predicted molar refractivity (Wildman–Crippen MR) is 92.4 cm³/mol. The van der Waals surface area contributed by atoms with Gasteiger partial charge in [0.2, 0.25) is 0 Å². The Morgan fingerprint density at radius 1 is 0.800 bits per heavy atom. The molecule has 0 atom stereocenters. The van der Waals surface area contributed by atoms with E-state index in [-0.39, 0.29) is 18.8 Å². The second-order valence-corrected chi connectivity index (χ2v) is 7.59. The van der Waals surface area contributed by atoms with Gasteiger partial charge in [0.1, 0.15) is 5.75 Å². The second-order valence-electron chi connectivity index (χ2n) is 7.59. The first kappa shape index (κ1) is 24.7. The quantitative estimate of drug-likeness (QED) is 0.293. The van der Waals surface area contributed by atoms with Gasteiger partial charge < -0.3 is 4.74 Å². The summed E-state index contributed by atoms with van der Waals surface area (Å²) in [5.74, 6) is -20.8. The van der Waals surface area contributed by atoms with Crippen molar-refractivity contribution in [1.29, 1.82) is 0 Å². The molecule has 1 aliphatic carbocycles. The van der Waals surface area contributed by atoms with Crippen molar-refractivity contribution in [2.24, 2.45) is 5.92 Å². The summed E-state index contributed by atoms with van der Waals surface area (Å²) in [4.78, 5) is 0. The van der Waals surface area contributed by atoms with Crippen molar-refractivity contribution in [3.63, 3.8) is 0 Å². The minimum atomic E-state index is -6.83. The number of hydrogen-bond donors (Lipinski definition) is 0. The van der Waals surface area contributed by atoms with Gasteiger partial charge in [0.05, 0.1) is 6.61 Å². The number of hydrogen-bond acceptors (Lipinski definition) is 1. The van der Waals surface area contributed by atoms with Crippen LogP contribution in [0.4, 0.5) is 39.5 Å². The van der Waals surface area contributed by atoms with Crippen LogP contribution in [0.1, 0.15) is 56.9 Å². The molecule has 30 heavy (non-hydrogen) atoms. The number of alkyl halides is 9. The third-order valence-corrected chi connectivity index (χ3v) is 5.53. The summed E-state index contributed by atoms with van der Waals surface area (Å²) < 4.78 is 124. The highest BCUT2D eigenvalue weighted by Crippen LogP contribution is 2.57. The summed E-state index contributed by atoms with van der Waals surface area (Å²) in [6.45, 7) is 2.54. The fourth-order valence-corrected chi connectivity index (χ4v) is 3.60. The van der Waals surface area contributed by atoms with Crippen LogP contribution in [0.15, 0.2) is 24.3 Å². The summed E-state index contributed by atoms with van der Waals surface area (Å²) in [7, 11) is 0. The van der Waals surface area contributed by atoms with Gasteiger partial charge in [0, 0.05) is 5.92 Å². The van der Waals surface area contributed by atoms with E-state index in [1.807, 2.05) is 6.92 Å². The number of halogens is 9. The number of rotatable bonds is 8. The molecule has 0 radical (unpaired) electrons. The van der Waals surface area contributed by atoms with Crippen LogP contribution in [0.2, 0.25) is 0 Å². The Morgan fingerprint density at radius 3 is 1.80 bits per heavy atom. The van der Waals surface area contributed by atoms with Crippen molar-refractivity contribution in [2.45, 2.75) is 75.3 Å². The minimum Gasteiger partial charge on any atom is -0.494 e. The monoisotopic (exact) mass is 450 g/mol. The summed E-state index contributed by atoms with van der Waals surface area (Å²) in [6.07, 6.45) is -6.17. The molecule has 0 spiro atoms. The highest BCUT2D eigenvalue weighted by Gasteiger charge is 2.82. The van der Waals surface area contributed by atoms with Gasteiger partial charge >= 0.3 is 23.9 Å². The Bertz CT molecular complexity index is 675. The fourth-order valence-electron chi connectivity index (χ4n) is 3.60. The smallest absolute Gasteiger partial charge is 0.460 e. The maximum atomic E-state index is 14.1. The topological polar surface area (TPSA) is 9.23 Å². The van der Waals surface area contributed by atoms with E-state index in [1.165, 1.54) is 0 Å². The maximum Gasteiger partial charge on any atom is 0.460 e. The van der Waals surface area contributed by atoms with Crippen LogP contribution in [-0.2, 0) is 0 Å². The van der Waals surface area contributed by atoms with Crippen LogP contribution in [0.3, 0.4) is 0 Å². The van der Waals surface area contributed by atoms with E-state index in [2.05, 4.69) is 0 Å². The van der Waals surface area contributed by atoms with Crippen LogP contribution in [0, 0.1) is 5.92 Å². The Kier molecular flexibility index (Phi) is 7.29. The average Bonchev–Trinajstić information content (AvgIpc) is 2.67. The first-order chi connectivity index (χ1) is 13.8. The third-order valence-electron chi connectivity index (χ3n) is 5.53.